The predicted octanol–water partition coefficient (Wildman–Crippen LogP) is 1.88. The van der Waals surface area contributed by atoms with Gasteiger partial charge in [0.2, 0.25) is 10.0 Å². The van der Waals surface area contributed by atoms with Crippen molar-refractivity contribution >= 4 is 10.0 Å². The highest BCUT2D eigenvalue weighted by atomic mass is 32.2. The number of benzene rings is 1. The van der Waals surface area contributed by atoms with E-state index in [9.17, 15) is 22.3 Å². The van der Waals surface area contributed by atoms with Crippen LogP contribution in [0.2, 0.25) is 0 Å². The van der Waals surface area contributed by atoms with Crippen molar-refractivity contribution in [1.29, 1.82) is 0 Å². The van der Waals surface area contributed by atoms with E-state index >= 15 is 0 Å². The van der Waals surface area contributed by atoms with E-state index in [0.717, 1.165) is 12.1 Å². The highest BCUT2D eigenvalue weighted by Gasteiger charge is 2.19. The van der Waals surface area contributed by atoms with E-state index in [0.29, 0.717) is 11.8 Å². The van der Waals surface area contributed by atoms with Gasteiger partial charge in [-0.2, -0.15) is 0 Å². The Kier molecular flexibility index (Phi) is 4.40. The van der Waals surface area contributed by atoms with Gasteiger partial charge in [0.1, 0.15) is 17.6 Å². The van der Waals surface area contributed by atoms with E-state index in [-0.39, 0.29) is 12.3 Å². The zero-order chi connectivity index (χ0) is 15.6. The molecule has 0 fully saturated rings. The Morgan fingerprint density at radius 1 is 1.24 bits per heavy atom. The van der Waals surface area contributed by atoms with Crippen LogP contribution in [-0.4, -0.2) is 20.1 Å². The fourth-order valence-corrected chi connectivity index (χ4v) is 2.70. The number of aryl methyl sites for hydroxylation is 1. The van der Waals surface area contributed by atoms with E-state index < -0.39 is 32.7 Å². The normalized spacial score (nSPS) is 13.3. The zero-order valence-corrected chi connectivity index (χ0v) is 11.8. The fourth-order valence-electron chi connectivity index (χ4n) is 1.65. The molecule has 114 valence electrons. The molecule has 0 spiro atoms. The molecule has 0 saturated heterocycles. The first-order valence-electron chi connectivity index (χ1n) is 5.99. The minimum absolute atomic E-state index is 0.209. The average molecular weight is 317 g/mol. The molecule has 0 aliphatic carbocycles. The fraction of sp³-hybridized carbons (Fsp3) is 0.231. The molecule has 1 heterocycles. The van der Waals surface area contributed by atoms with Crippen molar-refractivity contribution in [2.45, 2.75) is 17.9 Å². The number of hydrogen-bond acceptors (Lipinski definition) is 4. The van der Waals surface area contributed by atoms with Gasteiger partial charge in [0.25, 0.3) is 0 Å². The topological polar surface area (TPSA) is 79.5 Å². The van der Waals surface area contributed by atoms with Crippen LogP contribution in [0.15, 0.2) is 39.6 Å². The summed E-state index contributed by atoms with van der Waals surface area (Å²) < 4.78 is 56.9. The number of halogens is 2. The van der Waals surface area contributed by atoms with Crippen molar-refractivity contribution in [3.63, 3.8) is 0 Å². The van der Waals surface area contributed by atoms with Crippen molar-refractivity contribution in [2.75, 3.05) is 6.54 Å². The van der Waals surface area contributed by atoms with Crippen LogP contribution in [0.4, 0.5) is 8.78 Å². The van der Waals surface area contributed by atoms with Crippen LogP contribution in [0.3, 0.4) is 0 Å². The maximum atomic E-state index is 13.0. The van der Waals surface area contributed by atoms with Gasteiger partial charge in [0, 0.05) is 6.54 Å². The molecule has 1 aromatic heterocycles. The Morgan fingerprint density at radius 3 is 2.52 bits per heavy atom. The molecule has 1 aromatic carbocycles. The summed E-state index contributed by atoms with van der Waals surface area (Å²) in [6.07, 6.45) is -1.18. The highest BCUT2D eigenvalue weighted by molar-refractivity contribution is 7.89. The van der Waals surface area contributed by atoms with Gasteiger partial charge in [0.15, 0.2) is 11.6 Å². The molecule has 1 unspecified atom stereocenters. The number of furan rings is 1. The molecular formula is C13H13F2NO4S. The van der Waals surface area contributed by atoms with Gasteiger partial charge < -0.3 is 9.52 Å². The first kappa shape index (κ1) is 15.6. The minimum Gasteiger partial charge on any atom is -0.464 e. The van der Waals surface area contributed by atoms with Crippen LogP contribution in [0.25, 0.3) is 0 Å². The molecule has 2 rings (SSSR count). The van der Waals surface area contributed by atoms with Gasteiger partial charge in [-0.25, -0.2) is 21.9 Å². The summed E-state index contributed by atoms with van der Waals surface area (Å²) in [4.78, 5) is -0.427. The molecule has 8 heteroatoms. The van der Waals surface area contributed by atoms with E-state index in [1.165, 1.54) is 6.07 Å². The van der Waals surface area contributed by atoms with Gasteiger partial charge in [0.05, 0.1) is 4.90 Å². The van der Waals surface area contributed by atoms with Crippen molar-refractivity contribution in [2.24, 2.45) is 0 Å². The third-order valence-electron chi connectivity index (χ3n) is 2.76. The maximum absolute atomic E-state index is 13.0. The lowest BCUT2D eigenvalue weighted by molar-refractivity contribution is 0.152. The molecule has 0 aliphatic rings. The molecule has 5 nitrogen and oxygen atoms in total. The summed E-state index contributed by atoms with van der Waals surface area (Å²) in [5, 5.41) is 9.79. The molecular weight excluding hydrogens is 304 g/mol. The summed E-state index contributed by atoms with van der Waals surface area (Å²) in [5.74, 6) is -1.62. The Balaban J connectivity index is 2.09. The van der Waals surface area contributed by atoms with Crippen molar-refractivity contribution in [3.05, 3.63) is 53.5 Å². The maximum Gasteiger partial charge on any atom is 0.240 e. The second kappa shape index (κ2) is 5.92. The Hall–Kier alpha value is -1.77. The Bertz CT molecular complexity index is 742. The number of hydrogen-bond donors (Lipinski definition) is 2. The average Bonchev–Trinajstić information content (AvgIpc) is 2.86. The van der Waals surface area contributed by atoms with Crippen molar-refractivity contribution in [3.8, 4) is 0 Å². The molecule has 0 aliphatic heterocycles. The SMILES string of the molecule is Cc1ccc(C(O)CNS(=O)(=O)c2ccc(F)c(F)c2)o1. The molecule has 0 saturated carbocycles. The Morgan fingerprint density at radius 2 is 1.95 bits per heavy atom. The van der Waals surface area contributed by atoms with Gasteiger partial charge in [-0.05, 0) is 37.3 Å². The summed E-state index contributed by atoms with van der Waals surface area (Å²) >= 11 is 0. The van der Waals surface area contributed by atoms with Crippen LogP contribution in [0.5, 0.6) is 0 Å². The number of nitrogens with one attached hydrogen (secondary N) is 1. The lowest BCUT2D eigenvalue weighted by Crippen LogP contribution is -2.28. The highest BCUT2D eigenvalue weighted by Crippen LogP contribution is 2.17. The largest absolute Gasteiger partial charge is 0.464 e. The summed E-state index contributed by atoms with van der Waals surface area (Å²) in [6, 6.07) is 5.37. The van der Waals surface area contributed by atoms with Gasteiger partial charge in [-0.1, -0.05) is 0 Å². The quantitative estimate of drug-likeness (QED) is 0.882. The lowest BCUT2D eigenvalue weighted by Gasteiger charge is -2.10. The number of aliphatic hydroxyl groups excluding tert-OH is 1. The molecule has 1 atom stereocenters. The number of aliphatic hydroxyl groups is 1. The van der Waals surface area contributed by atoms with E-state index in [4.69, 9.17) is 4.42 Å². The van der Waals surface area contributed by atoms with E-state index in [2.05, 4.69) is 4.72 Å². The standard InChI is InChI=1S/C13H13F2NO4S/c1-8-2-5-13(20-8)12(17)7-16-21(18,19)9-3-4-10(14)11(15)6-9/h2-6,12,16-17H,7H2,1H3. The number of rotatable bonds is 5. The monoisotopic (exact) mass is 317 g/mol. The first-order valence-corrected chi connectivity index (χ1v) is 7.47. The predicted molar refractivity (Wildman–Crippen MR) is 70.0 cm³/mol. The second-order valence-corrected chi connectivity index (χ2v) is 6.16. The third-order valence-corrected chi connectivity index (χ3v) is 4.18. The van der Waals surface area contributed by atoms with Crippen LogP contribution < -0.4 is 4.72 Å². The third kappa shape index (κ3) is 3.66. The van der Waals surface area contributed by atoms with E-state index in [1.54, 1.807) is 13.0 Å². The lowest BCUT2D eigenvalue weighted by atomic mass is 10.3. The molecule has 0 amide bonds. The van der Waals surface area contributed by atoms with Gasteiger partial charge in [-0.3, -0.25) is 0 Å². The summed E-state index contributed by atoms with van der Waals surface area (Å²) in [6.45, 7) is 1.33. The molecule has 0 radical (unpaired) electrons. The molecule has 21 heavy (non-hydrogen) atoms. The molecule has 0 bridgehead atoms. The van der Waals surface area contributed by atoms with E-state index in [1.807, 2.05) is 0 Å². The second-order valence-electron chi connectivity index (χ2n) is 4.39. The Labute approximate surface area is 120 Å². The number of sulfonamides is 1. The minimum atomic E-state index is -4.05. The smallest absolute Gasteiger partial charge is 0.240 e. The molecule has 2 N–H and O–H groups in total. The van der Waals surface area contributed by atoms with Gasteiger partial charge >= 0.3 is 0 Å². The summed E-state index contributed by atoms with van der Waals surface area (Å²) in [7, 11) is -4.05. The first-order chi connectivity index (χ1) is 9.79. The molecule has 2 aromatic rings. The summed E-state index contributed by atoms with van der Waals surface area (Å²) in [5.41, 5.74) is 0. The zero-order valence-electron chi connectivity index (χ0n) is 11.0. The van der Waals surface area contributed by atoms with Crippen molar-refractivity contribution in [1.82, 2.24) is 4.72 Å². The van der Waals surface area contributed by atoms with Crippen LogP contribution in [0, 0.1) is 18.6 Å². The van der Waals surface area contributed by atoms with Crippen LogP contribution in [-0.2, 0) is 10.0 Å². The van der Waals surface area contributed by atoms with Crippen LogP contribution >= 0.6 is 0 Å². The van der Waals surface area contributed by atoms with Crippen molar-refractivity contribution < 1.29 is 26.7 Å². The van der Waals surface area contributed by atoms with Crippen LogP contribution in [0.1, 0.15) is 17.6 Å². The van der Waals surface area contributed by atoms with Gasteiger partial charge in [-0.15, -0.1) is 0 Å².